The summed E-state index contributed by atoms with van der Waals surface area (Å²) in [6, 6.07) is 8.32. The lowest BCUT2D eigenvalue weighted by atomic mass is 9.88. The fourth-order valence-corrected chi connectivity index (χ4v) is 5.28. The second kappa shape index (κ2) is 9.42. The van der Waals surface area contributed by atoms with Crippen LogP contribution in [0.3, 0.4) is 0 Å². The summed E-state index contributed by atoms with van der Waals surface area (Å²) in [5, 5.41) is 3.53. The van der Waals surface area contributed by atoms with Gasteiger partial charge in [0, 0.05) is 18.0 Å². The summed E-state index contributed by atoms with van der Waals surface area (Å²) < 4.78 is 83.1. The van der Waals surface area contributed by atoms with Gasteiger partial charge in [-0.3, -0.25) is 4.79 Å². The number of sulfonamides is 1. The van der Waals surface area contributed by atoms with Crippen LogP contribution >= 0.6 is 0 Å². The summed E-state index contributed by atoms with van der Waals surface area (Å²) >= 11 is 0. The summed E-state index contributed by atoms with van der Waals surface area (Å²) in [4.78, 5) is 13.6. The van der Waals surface area contributed by atoms with Gasteiger partial charge in [0.1, 0.15) is 11.6 Å². The highest BCUT2D eigenvalue weighted by atomic mass is 32.2. The first kappa shape index (κ1) is 25.2. The van der Waals surface area contributed by atoms with Gasteiger partial charge in [-0.15, -0.1) is 0 Å². The maximum absolute atomic E-state index is 15.4. The molecule has 180 valence electrons. The zero-order valence-electron chi connectivity index (χ0n) is 18.3. The molecule has 1 saturated heterocycles. The first-order valence-electron chi connectivity index (χ1n) is 10.6. The summed E-state index contributed by atoms with van der Waals surface area (Å²) in [7, 11) is -4.36. The molecule has 3 atom stereocenters. The Labute approximate surface area is 190 Å². The van der Waals surface area contributed by atoms with E-state index in [0.717, 1.165) is 17.9 Å². The van der Waals surface area contributed by atoms with Gasteiger partial charge in [0.2, 0.25) is 15.9 Å². The van der Waals surface area contributed by atoms with Gasteiger partial charge in [-0.25, -0.2) is 31.1 Å². The topological polar surface area (TPSA) is 80.5 Å². The summed E-state index contributed by atoms with van der Waals surface area (Å²) in [5.41, 5.74) is 0.346. The average molecular weight is 487 g/mol. The highest BCUT2D eigenvalue weighted by molar-refractivity contribution is 7.89. The lowest BCUT2D eigenvalue weighted by molar-refractivity contribution is -0.133. The molecule has 0 radical (unpaired) electrons. The molecule has 0 aromatic heterocycles. The summed E-state index contributed by atoms with van der Waals surface area (Å²) in [6.07, 6.45) is 0.0614. The van der Waals surface area contributed by atoms with Crippen LogP contribution in [0, 0.1) is 17.6 Å². The Morgan fingerprint density at radius 1 is 1.21 bits per heavy atom. The third-order valence-corrected chi connectivity index (χ3v) is 7.46. The van der Waals surface area contributed by atoms with Crippen molar-refractivity contribution in [2.75, 3.05) is 6.54 Å². The number of hydrogen-bond donors (Lipinski definition) is 1. The predicted octanol–water partition coefficient (Wildman–Crippen LogP) is 4.11. The van der Waals surface area contributed by atoms with Crippen molar-refractivity contribution in [1.29, 1.82) is 0 Å². The fourth-order valence-electron chi connectivity index (χ4n) is 4.50. The lowest BCUT2D eigenvalue weighted by Crippen LogP contribution is -2.47. The van der Waals surface area contributed by atoms with Crippen molar-refractivity contribution < 1.29 is 30.8 Å². The van der Waals surface area contributed by atoms with E-state index in [4.69, 9.17) is 5.14 Å². The number of likely N-dealkylation sites (tertiary alicyclic amines) is 1. The number of halogens is 4. The van der Waals surface area contributed by atoms with Crippen LogP contribution in [0.2, 0.25) is 0 Å². The van der Waals surface area contributed by atoms with Crippen molar-refractivity contribution in [3.8, 4) is 11.1 Å². The number of nitrogens with two attached hydrogens (primary N) is 1. The van der Waals surface area contributed by atoms with Crippen LogP contribution in [0.25, 0.3) is 11.1 Å². The molecule has 1 heterocycles. The Kier molecular flexibility index (Phi) is 7.18. The Hall–Kier alpha value is -2.46. The smallest absolute Gasteiger partial charge is 0.271 e. The average Bonchev–Trinajstić information content (AvgIpc) is 2.98. The van der Waals surface area contributed by atoms with Crippen LogP contribution in [0.15, 0.2) is 42.5 Å². The van der Waals surface area contributed by atoms with Crippen LogP contribution in [-0.2, 0) is 21.2 Å². The normalized spacial score (nSPS) is 21.2. The summed E-state index contributed by atoms with van der Waals surface area (Å²) in [6.45, 7) is 1.83. The molecule has 1 unspecified atom stereocenters. The van der Waals surface area contributed by atoms with E-state index in [0.29, 0.717) is 6.42 Å². The zero-order valence-corrected chi connectivity index (χ0v) is 19.1. The van der Waals surface area contributed by atoms with Gasteiger partial charge in [-0.2, -0.15) is 0 Å². The Morgan fingerprint density at radius 2 is 1.88 bits per heavy atom. The molecule has 1 aliphatic rings. The van der Waals surface area contributed by atoms with Gasteiger partial charge in [0.25, 0.3) is 5.92 Å². The standard InChI is InChI=1S/C23H26F4N2O3S/c1-3-6-20(30)29-13-23(26,27)21(14(2)33(28,31)32)19(29)12-16-8-5-10-18(22(16)25)15-7-4-9-17(24)11-15/h4-5,7-11,14,19,21H,3,6,12-13H2,1-2H3,(H2,28,31,32)/t14?,19-,21+/m0/s1. The van der Waals surface area contributed by atoms with E-state index >= 15 is 13.2 Å². The van der Waals surface area contributed by atoms with Crippen molar-refractivity contribution in [3.63, 3.8) is 0 Å². The molecule has 0 aliphatic carbocycles. The van der Waals surface area contributed by atoms with Crippen molar-refractivity contribution in [2.45, 2.75) is 50.3 Å². The van der Waals surface area contributed by atoms with Crippen LogP contribution in [0.4, 0.5) is 17.6 Å². The van der Waals surface area contributed by atoms with E-state index in [9.17, 15) is 17.6 Å². The van der Waals surface area contributed by atoms with Gasteiger partial charge >= 0.3 is 0 Å². The molecule has 1 aliphatic heterocycles. The van der Waals surface area contributed by atoms with Crippen LogP contribution in [0.5, 0.6) is 0 Å². The first-order chi connectivity index (χ1) is 15.4. The largest absolute Gasteiger partial charge is 0.333 e. The van der Waals surface area contributed by atoms with E-state index in [-0.39, 0.29) is 29.5 Å². The summed E-state index contributed by atoms with van der Waals surface area (Å²) in [5.74, 6) is -7.22. The number of rotatable bonds is 7. The molecule has 0 spiro atoms. The van der Waals surface area contributed by atoms with Crippen molar-refractivity contribution in [2.24, 2.45) is 11.1 Å². The maximum atomic E-state index is 15.4. The molecule has 2 aromatic carbocycles. The minimum Gasteiger partial charge on any atom is -0.333 e. The number of hydrogen-bond acceptors (Lipinski definition) is 3. The van der Waals surface area contributed by atoms with Gasteiger partial charge in [0.05, 0.1) is 17.7 Å². The highest BCUT2D eigenvalue weighted by Crippen LogP contribution is 2.43. The molecule has 10 heteroatoms. The number of alkyl halides is 2. The molecule has 0 saturated carbocycles. The minimum atomic E-state index is -4.36. The molecule has 33 heavy (non-hydrogen) atoms. The van der Waals surface area contributed by atoms with Crippen LogP contribution in [0.1, 0.15) is 32.3 Å². The Balaban J connectivity index is 2.07. The monoisotopic (exact) mass is 486 g/mol. The van der Waals surface area contributed by atoms with E-state index in [2.05, 4.69) is 0 Å². The first-order valence-corrected chi connectivity index (χ1v) is 12.2. The molecule has 3 rings (SSSR count). The maximum Gasteiger partial charge on any atom is 0.271 e. The number of carbonyl (C=O) groups is 1. The van der Waals surface area contributed by atoms with Gasteiger partial charge in [0.15, 0.2) is 0 Å². The molecular weight excluding hydrogens is 460 g/mol. The molecular formula is C23H26F4N2O3S. The number of primary sulfonamides is 1. The van der Waals surface area contributed by atoms with E-state index in [1.807, 2.05) is 0 Å². The predicted molar refractivity (Wildman–Crippen MR) is 117 cm³/mol. The third kappa shape index (κ3) is 5.22. The van der Waals surface area contributed by atoms with Gasteiger partial charge in [-0.05, 0) is 43.0 Å². The third-order valence-electron chi connectivity index (χ3n) is 6.14. The number of nitrogens with zero attached hydrogens (tertiary/aromatic N) is 1. The van der Waals surface area contributed by atoms with Gasteiger partial charge in [-0.1, -0.05) is 37.3 Å². The molecule has 1 fully saturated rings. The second-order valence-electron chi connectivity index (χ2n) is 8.41. The Morgan fingerprint density at radius 3 is 2.48 bits per heavy atom. The van der Waals surface area contributed by atoms with Crippen molar-refractivity contribution in [1.82, 2.24) is 4.90 Å². The molecule has 0 bridgehead atoms. The second-order valence-corrected chi connectivity index (χ2v) is 10.3. The van der Waals surface area contributed by atoms with Gasteiger partial charge < -0.3 is 4.90 Å². The molecule has 2 N–H and O–H groups in total. The zero-order chi connectivity index (χ0) is 24.6. The highest BCUT2D eigenvalue weighted by Gasteiger charge is 2.59. The number of amides is 1. The van der Waals surface area contributed by atoms with Crippen molar-refractivity contribution >= 4 is 15.9 Å². The minimum absolute atomic E-state index is 0.00509. The quantitative estimate of drug-likeness (QED) is 0.598. The number of carbonyl (C=O) groups excluding carboxylic acids is 1. The van der Waals surface area contributed by atoms with E-state index < -0.39 is 57.2 Å². The lowest BCUT2D eigenvalue weighted by Gasteiger charge is -2.31. The van der Waals surface area contributed by atoms with Crippen LogP contribution < -0.4 is 5.14 Å². The molecule has 2 aromatic rings. The Bertz CT molecular complexity index is 1140. The van der Waals surface area contributed by atoms with E-state index in [1.165, 1.54) is 36.4 Å². The molecule has 1 amide bonds. The van der Waals surface area contributed by atoms with Crippen LogP contribution in [-0.4, -0.2) is 43.0 Å². The SMILES string of the molecule is CCCC(=O)N1CC(F)(F)[C@H](C(C)S(N)(=O)=O)[C@@H]1Cc1cccc(-c2cccc(F)c2)c1F. The molecule has 5 nitrogen and oxygen atoms in total. The van der Waals surface area contributed by atoms with E-state index in [1.54, 1.807) is 6.92 Å². The number of benzene rings is 2. The fraction of sp³-hybridized carbons (Fsp3) is 0.435. The van der Waals surface area contributed by atoms with Crippen molar-refractivity contribution in [3.05, 3.63) is 59.7 Å².